The van der Waals surface area contributed by atoms with Gasteiger partial charge in [-0.3, -0.25) is 4.79 Å². The number of carbonyl (C=O) groups excluding carboxylic acids is 1. The fraction of sp³-hybridized carbons (Fsp3) is 0.562. The molecular formula is C16H23FN2O. The molecule has 4 heteroatoms. The van der Waals surface area contributed by atoms with Crippen molar-refractivity contribution in [3.05, 3.63) is 35.6 Å². The maximum absolute atomic E-state index is 13.7. The SMILES string of the molecule is CC(CC(=O)NC1CNCCC1C)c1ccccc1F. The number of piperidine rings is 1. The van der Waals surface area contributed by atoms with E-state index < -0.39 is 0 Å². The van der Waals surface area contributed by atoms with Crippen LogP contribution in [0.1, 0.15) is 38.2 Å². The van der Waals surface area contributed by atoms with Gasteiger partial charge in [-0.1, -0.05) is 32.0 Å². The molecule has 2 rings (SSSR count). The van der Waals surface area contributed by atoms with Gasteiger partial charge >= 0.3 is 0 Å². The van der Waals surface area contributed by atoms with Crippen LogP contribution in [-0.2, 0) is 4.79 Å². The largest absolute Gasteiger partial charge is 0.352 e. The van der Waals surface area contributed by atoms with Crippen LogP contribution in [0.5, 0.6) is 0 Å². The molecule has 3 nitrogen and oxygen atoms in total. The number of carbonyl (C=O) groups is 1. The van der Waals surface area contributed by atoms with Crippen LogP contribution >= 0.6 is 0 Å². The minimum Gasteiger partial charge on any atom is -0.352 e. The highest BCUT2D eigenvalue weighted by atomic mass is 19.1. The molecule has 0 aromatic heterocycles. The van der Waals surface area contributed by atoms with Crippen molar-refractivity contribution in [2.24, 2.45) is 5.92 Å². The van der Waals surface area contributed by atoms with E-state index in [0.717, 1.165) is 19.5 Å². The molecular weight excluding hydrogens is 255 g/mol. The number of benzene rings is 1. The van der Waals surface area contributed by atoms with Gasteiger partial charge in [0.1, 0.15) is 5.82 Å². The third-order valence-electron chi connectivity index (χ3n) is 4.10. The van der Waals surface area contributed by atoms with Crippen LogP contribution in [0.3, 0.4) is 0 Å². The van der Waals surface area contributed by atoms with Gasteiger partial charge < -0.3 is 10.6 Å². The van der Waals surface area contributed by atoms with Crippen LogP contribution < -0.4 is 10.6 Å². The van der Waals surface area contributed by atoms with Crippen LogP contribution in [0.15, 0.2) is 24.3 Å². The molecule has 1 amide bonds. The van der Waals surface area contributed by atoms with E-state index >= 15 is 0 Å². The number of hydrogen-bond donors (Lipinski definition) is 2. The highest BCUT2D eigenvalue weighted by Gasteiger charge is 2.23. The molecule has 20 heavy (non-hydrogen) atoms. The first-order chi connectivity index (χ1) is 9.58. The van der Waals surface area contributed by atoms with Crippen LogP contribution in [0.4, 0.5) is 4.39 Å². The molecule has 1 fully saturated rings. The first-order valence-corrected chi connectivity index (χ1v) is 7.32. The zero-order valence-corrected chi connectivity index (χ0v) is 12.2. The average molecular weight is 278 g/mol. The first-order valence-electron chi connectivity index (χ1n) is 7.32. The average Bonchev–Trinajstić information content (AvgIpc) is 2.41. The predicted octanol–water partition coefficient (Wildman–Crippen LogP) is 2.43. The van der Waals surface area contributed by atoms with Gasteiger partial charge in [-0.05, 0) is 36.4 Å². The normalized spacial score (nSPS) is 24.1. The lowest BCUT2D eigenvalue weighted by atomic mass is 9.93. The summed E-state index contributed by atoms with van der Waals surface area (Å²) in [5.74, 6) is 0.147. The Kier molecular flexibility index (Phi) is 5.12. The van der Waals surface area contributed by atoms with E-state index in [0.29, 0.717) is 17.9 Å². The van der Waals surface area contributed by atoms with Crippen LogP contribution in [0.2, 0.25) is 0 Å². The first kappa shape index (κ1) is 15.0. The Morgan fingerprint density at radius 1 is 1.50 bits per heavy atom. The summed E-state index contributed by atoms with van der Waals surface area (Å²) in [5, 5.41) is 6.35. The van der Waals surface area contributed by atoms with E-state index in [-0.39, 0.29) is 23.7 Å². The monoisotopic (exact) mass is 278 g/mol. The summed E-state index contributed by atoms with van der Waals surface area (Å²) in [5.41, 5.74) is 0.609. The molecule has 110 valence electrons. The Hall–Kier alpha value is -1.42. The van der Waals surface area contributed by atoms with Crippen molar-refractivity contribution >= 4 is 5.91 Å². The summed E-state index contributed by atoms with van der Waals surface area (Å²) in [7, 11) is 0. The van der Waals surface area contributed by atoms with E-state index in [1.54, 1.807) is 18.2 Å². The molecule has 3 atom stereocenters. The Morgan fingerprint density at radius 3 is 2.95 bits per heavy atom. The highest BCUT2D eigenvalue weighted by molar-refractivity contribution is 5.77. The Morgan fingerprint density at radius 2 is 2.25 bits per heavy atom. The molecule has 1 aliphatic rings. The molecule has 1 aromatic rings. The number of amides is 1. The lowest BCUT2D eigenvalue weighted by Crippen LogP contribution is -2.50. The quantitative estimate of drug-likeness (QED) is 0.888. The molecule has 1 aromatic carbocycles. The van der Waals surface area contributed by atoms with Gasteiger partial charge in [0.2, 0.25) is 5.91 Å². The number of hydrogen-bond acceptors (Lipinski definition) is 2. The van der Waals surface area contributed by atoms with E-state index in [9.17, 15) is 9.18 Å². The number of nitrogens with one attached hydrogen (secondary N) is 2. The van der Waals surface area contributed by atoms with Crippen molar-refractivity contribution in [2.45, 2.75) is 38.6 Å². The van der Waals surface area contributed by atoms with Crippen molar-refractivity contribution in [3.8, 4) is 0 Å². The fourth-order valence-corrected chi connectivity index (χ4v) is 2.71. The summed E-state index contributed by atoms with van der Waals surface area (Å²) in [4.78, 5) is 12.1. The van der Waals surface area contributed by atoms with E-state index in [1.165, 1.54) is 6.07 Å². The van der Waals surface area contributed by atoms with Gasteiger partial charge in [0.15, 0.2) is 0 Å². The van der Waals surface area contributed by atoms with Crippen molar-refractivity contribution in [2.75, 3.05) is 13.1 Å². The van der Waals surface area contributed by atoms with Gasteiger partial charge in [0, 0.05) is 19.0 Å². The number of rotatable bonds is 4. The molecule has 0 spiro atoms. The van der Waals surface area contributed by atoms with Gasteiger partial charge in [0.05, 0.1) is 0 Å². The van der Waals surface area contributed by atoms with Crippen molar-refractivity contribution in [1.29, 1.82) is 0 Å². The molecule has 0 bridgehead atoms. The topological polar surface area (TPSA) is 41.1 Å². The third kappa shape index (κ3) is 3.79. The van der Waals surface area contributed by atoms with Gasteiger partial charge in [-0.15, -0.1) is 0 Å². The summed E-state index contributed by atoms with van der Waals surface area (Å²) in [6.45, 7) is 5.88. The van der Waals surface area contributed by atoms with E-state index in [2.05, 4.69) is 17.6 Å². The molecule has 1 saturated heterocycles. The van der Waals surface area contributed by atoms with Crippen LogP contribution in [-0.4, -0.2) is 25.0 Å². The molecule has 2 N–H and O–H groups in total. The van der Waals surface area contributed by atoms with Crippen LogP contribution in [0.25, 0.3) is 0 Å². The molecule has 0 saturated carbocycles. The highest BCUT2D eigenvalue weighted by Crippen LogP contribution is 2.22. The lowest BCUT2D eigenvalue weighted by molar-refractivity contribution is -0.122. The Bertz CT molecular complexity index is 464. The summed E-state index contributed by atoms with van der Waals surface area (Å²) in [6.07, 6.45) is 1.40. The lowest BCUT2D eigenvalue weighted by Gasteiger charge is -2.30. The molecule has 0 aliphatic carbocycles. The second-order valence-electron chi connectivity index (χ2n) is 5.77. The second kappa shape index (κ2) is 6.84. The fourth-order valence-electron chi connectivity index (χ4n) is 2.71. The zero-order chi connectivity index (χ0) is 14.5. The molecule has 0 radical (unpaired) electrons. The molecule has 1 heterocycles. The molecule has 1 aliphatic heterocycles. The Labute approximate surface area is 120 Å². The maximum atomic E-state index is 13.7. The van der Waals surface area contributed by atoms with Crippen molar-refractivity contribution in [3.63, 3.8) is 0 Å². The predicted molar refractivity (Wildman–Crippen MR) is 78.0 cm³/mol. The van der Waals surface area contributed by atoms with Gasteiger partial charge in [-0.25, -0.2) is 4.39 Å². The minimum absolute atomic E-state index is 0.00121. The third-order valence-corrected chi connectivity index (χ3v) is 4.10. The maximum Gasteiger partial charge on any atom is 0.220 e. The Balaban J connectivity index is 1.89. The van der Waals surface area contributed by atoms with Crippen molar-refractivity contribution < 1.29 is 9.18 Å². The summed E-state index contributed by atoms with van der Waals surface area (Å²) >= 11 is 0. The second-order valence-corrected chi connectivity index (χ2v) is 5.77. The van der Waals surface area contributed by atoms with Gasteiger partial charge in [-0.2, -0.15) is 0 Å². The smallest absolute Gasteiger partial charge is 0.220 e. The van der Waals surface area contributed by atoms with E-state index in [1.807, 2.05) is 6.92 Å². The standard InChI is InChI=1S/C16H23FN2O/c1-11-7-8-18-10-15(11)19-16(20)9-12(2)13-5-3-4-6-14(13)17/h3-6,11-12,15,18H,7-10H2,1-2H3,(H,19,20). The van der Waals surface area contributed by atoms with Gasteiger partial charge in [0.25, 0.3) is 0 Å². The van der Waals surface area contributed by atoms with E-state index in [4.69, 9.17) is 0 Å². The molecule has 3 unspecified atom stereocenters. The number of halogens is 1. The summed E-state index contributed by atoms with van der Waals surface area (Å²) in [6, 6.07) is 6.85. The van der Waals surface area contributed by atoms with Crippen LogP contribution in [0, 0.1) is 11.7 Å². The van der Waals surface area contributed by atoms with Crippen molar-refractivity contribution in [1.82, 2.24) is 10.6 Å². The summed E-state index contributed by atoms with van der Waals surface area (Å²) < 4.78 is 13.7. The minimum atomic E-state index is -0.236. The zero-order valence-electron chi connectivity index (χ0n) is 12.2.